The molecule has 5 heteroatoms. The molecule has 2 amide bonds. The van der Waals surface area contributed by atoms with Gasteiger partial charge in [0.15, 0.2) is 0 Å². The fourth-order valence-corrected chi connectivity index (χ4v) is 1.75. The van der Waals surface area contributed by atoms with Crippen molar-refractivity contribution in [2.45, 2.75) is 25.8 Å². The summed E-state index contributed by atoms with van der Waals surface area (Å²) in [5.41, 5.74) is 5.27. The Morgan fingerprint density at radius 3 is 2.86 bits per heavy atom. The van der Waals surface area contributed by atoms with Crippen molar-refractivity contribution in [3.8, 4) is 0 Å². The molecule has 1 heterocycles. The van der Waals surface area contributed by atoms with E-state index in [1.165, 1.54) is 0 Å². The lowest BCUT2D eigenvalue weighted by Gasteiger charge is -2.22. The van der Waals surface area contributed by atoms with Gasteiger partial charge in [-0.25, -0.2) is 0 Å². The number of nitrogens with two attached hydrogens (primary N) is 1. The molecule has 1 aliphatic heterocycles. The second kappa shape index (κ2) is 4.95. The second-order valence-electron chi connectivity index (χ2n) is 3.34. The quantitative estimate of drug-likeness (QED) is 0.616. The summed E-state index contributed by atoms with van der Waals surface area (Å²) in [5, 5.41) is 2.72. The van der Waals surface area contributed by atoms with Gasteiger partial charge in [0.2, 0.25) is 11.8 Å². The second-order valence-corrected chi connectivity index (χ2v) is 3.34. The zero-order chi connectivity index (χ0) is 10.6. The molecule has 1 fully saturated rings. The van der Waals surface area contributed by atoms with Crippen LogP contribution in [-0.2, 0) is 9.59 Å². The summed E-state index contributed by atoms with van der Waals surface area (Å²) < 4.78 is 0. The molecule has 1 saturated heterocycles. The van der Waals surface area contributed by atoms with E-state index >= 15 is 0 Å². The Bertz CT molecular complexity index is 230. The van der Waals surface area contributed by atoms with E-state index in [4.69, 9.17) is 5.73 Å². The van der Waals surface area contributed by atoms with E-state index in [0.717, 1.165) is 12.8 Å². The Kier molecular flexibility index (Phi) is 3.88. The van der Waals surface area contributed by atoms with Gasteiger partial charge in [-0.3, -0.25) is 9.59 Å². The third kappa shape index (κ3) is 2.23. The molecule has 0 aliphatic carbocycles. The van der Waals surface area contributed by atoms with Gasteiger partial charge >= 0.3 is 0 Å². The minimum absolute atomic E-state index is 0.0180. The molecule has 0 saturated carbocycles. The predicted octanol–water partition coefficient (Wildman–Crippen LogP) is -0.928. The fourth-order valence-electron chi connectivity index (χ4n) is 1.75. The lowest BCUT2D eigenvalue weighted by molar-refractivity contribution is -0.137. The Hall–Kier alpha value is -1.10. The Morgan fingerprint density at radius 1 is 1.57 bits per heavy atom. The molecule has 80 valence electrons. The van der Waals surface area contributed by atoms with Crippen LogP contribution in [0, 0.1) is 0 Å². The first kappa shape index (κ1) is 11.0. The van der Waals surface area contributed by atoms with E-state index in [9.17, 15) is 9.59 Å². The van der Waals surface area contributed by atoms with Crippen molar-refractivity contribution in [2.75, 3.05) is 19.6 Å². The van der Waals surface area contributed by atoms with Crippen LogP contribution >= 0.6 is 0 Å². The number of nitrogens with one attached hydrogen (secondary N) is 1. The maximum absolute atomic E-state index is 11.5. The molecule has 1 rings (SSSR count). The van der Waals surface area contributed by atoms with Gasteiger partial charge in [-0.05, 0) is 19.8 Å². The molecule has 1 atom stereocenters. The monoisotopic (exact) mass is 199 g/mol. The summed E-state index contributed by atoms with van der Waals surface area (Å²) in [6.07, 6.45) is 1.63. The van der Waals surface area contributed by atoms with Crippen LogP contribution in [0.5, 0.6) is 0 Å². The van der Waals surface area contributed by atoms with Crippen LogP contribution < -0.4 is 11.1 Å². The Morgan fingerprint density at radius 2 is 2.29 bits per heavy atom. The molecule has 0 aromatic rings. The van der Waals surface area contributed by atoms with Crippen molar-refractivity contribution in [2.24, 2.45) is 5.73 Å². The topological polar surface area (TPSA) is 75.4 Å². The van der Waals surface area contributed by atoms with Gasteiger partial charge in [0.25, 0.3) is 0 Å². The van der Waals surface area contributed by atoms with Gasteiger partial charge in [0.05, 0.1) is 6.54 Å². The molecular weight excluding hydrogens is 182 g/mol. The minimum Gasteiger partial charge on any atom is -0.355 e. The van der Waals surface area contributed by atoms with Crippen molar-refractivity contribution in [1.29, 1.82) is 0 Å². The standard InChI is InChI=1S/C9H17N3O2/c1-2-11-9(14)7-4-3-5-12(7)8(13)6-10/h7H,2-6,10H2,1H3,(H,11,14)/t7-/m0/s1. The number of carbonyl (C=O) groups is 2. The van der Waals surface area contributed by atoms with E-state index in [0.29, 0.717) is 13.1 Å². The van der Waals surface area contributed by atoms with Crippen LogP contribution in [0.1, 0.15) is 19.8 Å². The predicted molar refractivity (Wildman–Crippen MR) is 52.5 cm³/mol. The van der Waals surface area contributed by atoms with Gasteiger partial charge in [-0.2, -0.15) is 0 Å². The molecule has 0 radical (unpaired) electrons. The fraction of sp³-hybridized carbons (Fsp3) is 0.778. The lowest BCUT2D eigenvalue weighted by Crippen LogP contribution is -2.47. The summed E-state index contributed by atoms with van der Waals surface area (Å²) in [6.45, 7) is 3.09. The first-order valence-electron chi connectivity index (χ1n) is 4.98. The summed E-state index contributed by atoms with van der Waals surface area (Å²) in [6, 6.07) is -0.300. The summed E-state index contributed by atoms with van der Waals surface area (Å²) >= 11 is 0. The van der Waals surface area contributed by atoms with Crippen LogP contribution in [0.25, 0.3) is 0 Å². The summed E-state index contributed by atoms with van der Waals surface area (Å²) in [7, 11) is 0. The number of likely N-dealkylation sites (tertiary alicyclic amines) is 1. The number of hydrogen-bond acceptors (Lipinski definition) is 3. The molecule has 3 N–H and O–H groups in total. The molecule has 0 bridgehead atoms. The number of likely N-dealkylation sites (N-methyl/N-ethyl adjacent to an activating group) is 1. The summed E-state index contributed by atoms with van der Waals surface area (Å²) in [5.74, 6) is -0.203. The van der Waals surface area contributed by atoms with Crippen molar-refractivity contribution >= 4 is 11.8 Å². The minimum atomic E-state index is -0.300. The SMILES string of the molecule is CCNC(=O)[C@@H]1CCCN1C(=O)CN. The maximum Gasteiger partial charge on any atom is 0.242 e. The highest BCUT2D eigenvalue weighted by Gasteiger charge is 2.32. The van der Waals surface area contributed by atoms with Crippen molar-refractivity contribution in [3.05, 3.63) is 0 Å². The smallest absolute Gasteiger partial charge is 0.242 e. The van der Waals surface area contributed by atoms with Gasteiger partial charge in [0, 0.05) is 13.1 Å². The molecule has 0 spiro atoms. The largest absolute Gasteiger partial charge is 0.355 e. The summed E-state index contributed by atoms with van der Waals surface area (Å²) in [4.78, 5) is 24.5. The van der Waals surface area contributed by atoms with Gasteiger partial charge in [-0.1, -0.05) is 0 Å². The average Bonchev–Trinajstić information content (AvgIpc) is 2.65. The number of hydrogen-bond donors (Lipinski definition) is 2. The Labute approximate surface area is 83.6 Å². The van der Waals surface area contributed by atoms with E-state index in [1.807, 2.05) is 6.92 Å². The molecule has 5 nitrogen and oxygen atoms in total. The molecule has 14 heavy (non-hydrogen) atoms. The number of nitrogens with zero attached hydrogens (tertiary/aromatic N) is 1. The van der Waals surface area contributed by atoms with Crippen LogP contribution in [0.4, 0.5) is 0 Å². The highest BCUT2D eigenvalue weighted by atomic mass is 16.2. The molecule has 1 aliphatic rings. The van der Waals surface area contributed by atoms with E-state index < -0.39 is 0 Å². The van der Waals surface area contributed by atoms with Crippen LogP contribution in [0.2, 0.25) is 0 Å². The first-order chi connectivity index (χ1) is 6.70. The zero-order valence-electron chi connectivity index (χ0n) is 8.45. The normalized spacial score (nSPS) is 21.0. The molecule has 0 unspecified atom stereocenters. The number of amides is 2. The number of carbonyl (C=O) groups excluding carboxylic acids is 2. The van der Waals surface area contributed by atoms with Crippen molar-refractivity contribution in [1.82, 2.24) is 10.2 Å². The van der Waals surface area contributed by atoms with Crippen molar-refractivity contribution < 1.29 is 9.59 Å². The maximum atomic E-state index is 11.5. The molecule has 0 aromatic carbocycles. The van der Waals surface area contributed by atoms with Gasteiger partial charge in [0.1, 0.15) is 6.04 Å². The third-order valence-electron chi connectivity index (χ3n) is 2.40. The Balaban J connectivity index is 2.59. The molecular formula is C9H17N3O2. The average molecular weight is 199 g/mol. The van der Waals surface area contributed by atoms with Gasteiger partial charge < -0.3 is 16.0 Å². The third-order valence-corrected chi connectivity index (χ3v) is 2.40. The van der Waals surface area contributed by atoms with Crippen LogP contribution in [0.3, 0.4) is 0 Å². The van der Waals surface area contributed by atoms with Gasteiger partial charge in [-0.15, -0.1) is 0 Å². The molecule has 0 aromatic heterocycles. The van der Waals surface area contributed by atoms with Crippen molar-refractivity contribution in [3.63, 3.8) is 0 Å². The van der Waals surface area contributed by atoms with E-state index in [2.05, 4.69) is 5.32 Å². The highest BCUT2D eigenvalue weighted by Crippen LogP contribution is 2.16. The zero-order valence-corrected chi connectivity index (χ0v) is 8.45. The first-order valence-corrected chi connectivity index (χ1v) is 4.98. The number of rotatable bonds is 3. The van der Waals surface area contributed by atoms with Crippen LogP contribution in [-0.4, -0.2) is 42.4 Å². The van der Waals surface area contributed by atoms with E-state index in [-0.39, 0.29) is 24.4 Å². The lowest BCUT2D eigenvalue weighted by atomic mass is 10.2. The van der Waals surface area contributed by atoms with Crippen LogP contribution in [0.15, 0.2) is 0 Å². The highest BCUT2D eigenvalue weighted by molar-refractivity contribution is 5.88. The van der Waals surface area contributed by atoms with E-state index in [1.54, 1.807) is 4.90 Å².